The van der Waals surface area contributed by atoms with E-state index in [2.05, 4.69) is 22.7 Å². The number of hydrogen-bond donors (Lipinski definition) is 0. The van der Waals surface area contributed by atoms with E-state index in [1.165, 1.54) is 0 Å². The fourth-order valence-electron chi connectivity index (χ4n) is 2.32. The summed E-state index contributed by atoms with van der Waals surface area (Å²) in [5.41, 5.74) is 2.04. The van der Waals surface area contributed by atoms with Crippen LogP contribution in [0.5, 0.6) is 0 Å². The van der Waals surface area contributed by atoms with Crippen LogP contribution in [0.15, 0.2) is 18.2 Å². The van der Waals surface area contributed by atoms with E-state index in [4.69, 9.17) is 23.2 Å². The van der Waals surface area contributed by atoms with Crippen molar-refractivity contribution >= 4 is 46.0 Å². The Morgan fingerprint density at radius 2 is 2.16 bits per heavy atom. The van der Waals surface area contributed by atoms with Gasteiger partial charge in [-0.3, -0.25) is 0 Å². The number of aromatic nitrogens is 2. The molecule has 0 radical (unpaired) electrons. The highest BCUT2D eigenvalue weighted by Gasteiger charge is 2.20. The molecule has 0 aliphatic heterocycles. The molecule has 5 heteroatoms. The molecule has 0 amide bonds. The number of halogens is 2. The van der Waals surface area contributed by atoms with Crippen molar-refractivity contribution in [2.75, 3.05) is 12.0 Å². The maximum Gasteiger partial charge on any atom is 0.127 e. The van der Waals surface area contributed by atoms with Crippen LogP contribution in [0.1, 0.15) is 37.5 Å². The zero-order valence-corrected chi connectivity index (χ0v) is 13.7. The monoisotopic (exact) mass is 316 g/mol. The van der Waals surface area contributed by atoms with Gasteiger partial charge in [0.1, 0.15) is 5.82 Å². The summed E-state index contributed by atoms with van der Waals surface area (Å²) in [6.45, 7) is 4.16. The molecule has 2 atom stereocenters. The minimum absolute atomic E-state index is 0.109. The maximum absolute atomic E-state index is 6.30. The van der Waals surface area contributed by atoms with Crippen molar-refractivity contribution in [1.82, 2.24) is 9.55 Å². The predicted octanol–water partition coefficient (Wildman–Crippen LogP) is 5.30. The lowest BCUT2D eigenvalue weighted by Gasteiger charge is -2.20. The molecule has 104 valence electrons. The number of hydrogen-bond acceptors (Lipinski definition) is 2. The number of rotatable bonds is 5. The molecule has 0 saturated carbocycles. The van der Waals surface area contributed by atoms with E-state index in [-0.39, 0.29) is 5.38 Å². The molecule has 2 rings (SSSR count). The molecule has 1 aromatic heterocycles. The van der Waals surface area contributed by atoms with Gasteiger partial charge in [-0.1, -0.05) is 18.5 Å². The summed E-state index contributed by atoms with van der Waals surface area (Å²) in [6.07, 6.45) is 3.19. The van der Waals surface area contributed by atoms with Crippen LogP contribution < -0.4 is 0 Å². The molecule has 2 aromatic rings. The molecule has 2 unspecified atom stereocenters. The summed E-state index contributed by atoms with van der Waals surface area (Å²) in [5.74, 6) is 1.99. The molecule has 1 heterocycles. The largest absolute Gasteiger partial charge is 0.323 e. The average Bonchev–Trinajstić information content (AvgIpc) is 2.74. The molecule has 0 saturated heterocycles. The van der Waals surface area contributed by atoms with Crippen molar-refractivity contribution in [2.24, 2.45) is 0 Å². The Hall–Kier alpha value is -0.380. The van der Waals surface area contributed by atoms with E-state index < -0.39 is 0 Å². The summed E-state index contributed by atoms with van der Waals surface area (Å²) in [6, 6.07) is 6.27. The van der Waals surface area contributed by atoms with Crippen molar-refractivity contribution in [1.29, 1.82) is 0 Å². The van der Waals surface area contributed by atoms with Crippen molar-refractivity contribution in [2.45, 2.75) is 31.7 Å². The second kappa shape index (κ2) is 6.38. The summed E-state index contributed by atoms with van der Waals surface area (Å²) < 4.78 is 2.28. The minimum atomic E-state index is -0.109. The van der Waals surface area contributed by atoms with E-state index in [1.807, 2.05) is 36.9 Å². The fraction of sp³-hybridized carbons (Fsp3) is 0.500. The van der Waals surface area contributed by atoms with Gasteiger partial charge in [-0.25, -0.2) is 4.98 Å². The van der Waals surface area contributed by atoms with Gasteiger partial charge in [-0.2, -0.15) is 11.8 Å². The van der Waals surface area contributed by atoms with Crippen LogP contribution in [0.2, 0.25) is 5.02 Å². The molecule has 0 spiro atoms. The van der Waals surface area contributed by atoms with Gasteiger partial charge >= 0.3 is 0 Å². The molecule has 0 aliphatic rings. The van der Waals surface area contributed by atoms with Crippen molar-refractivity contribution < 1.29 is 0 Å². The lowest BCUT2D eigenvalue weighted by molar-refractivity contribution is 0.530. The zero-order chi connectivity index (χ0) is 14.0. The topological polar surface area (TPSA) is 17.8 Å². The van der Waals surface area contributed by atoms with Crippen LogP contribution >= 0.6 is 35.0 Å². The minimum Gasteiger partial charge on any atom is -0.323 e. The standard InChI is InChI=1S/C14H18Cl2N2S/c1-4-11(8-19-3)18-13-6-5-10(16)7-12(13)17-14(18)9(2)15/h5-7,9,11H,4,8H2,1-3H3. The smallest absolute Gasteiger partial charge is 0.127 e. The Morgan fingerprint density at radius 1 is 1.42 bits per heavy atom. The Labute approximate surface area is 128 Å². The Kier molecular flexibility index (Phi) is 5.04. The number of fused-ring (bicyclic) bond motifs is 1. The van der Waals surface area contributed by atoms with Crippen LogP contribution in [-0.4, -0.2) is 21.6 Å². The molecular formula is C14H18Cl2N2S. The van der Waals surface area contributed by atoms with Gasteiger partial charge in [0.25, 0.3) is 0 Å². The van der Waals surface area contributed by atoms with E-state index in [9.17, 15) is 0 Å². The van der Waals surface area contributed by atoms with Gasteiger partial charge < -0.3 is 4.57 Å². The fourth-order valence-corrected chi connectivity index (χ4v) is 3.41. The molecule has 2 nitrogen and oxygen atoms in total. The number of alkyl halides is 1. The van der Waals surface area contributed by atoms with Gasteiger partial charge in [-0.15, -0.1) is 11.6 Å². The van der Waals surface area contributed by atoms with Crippen molar-refractivity contribution in [3.05, 3.63) is 29.0 Å². The van der Waals surface area contributed by atoms with E-state index in [0.717, 1.165) is 29.0 Å². The number of benzene rings is 1. The van der Waals surface area contributed by atoms with Crippen LogP contribution in [0, 0.1) is 0 Å². The first kappa shape index (κ1) is 15.0. The maximum atomic E-state index is 6.30. The van der Waals surface area contributed by atoms with Crippen molar-refractivity contribution in [3.63, 3.8) is 0 Å². The third-order valence-electron chi connectivity index (χ3n) is 3.23. The zero-order valence-electron chi connectivity index (χ0n) is 11.4. The average molecular weight is 317 g/mol. The molecule has 0 fully saturated rings. The third kappa shape index (κ3) is 3.04. The van der Waals surface area contributed by atoms with Gasteiger partial charge in [0.15, 0.2) is 0 Å². The van der Waals surface area contributed by atoms with Crippen LogP contribution in [0.4, 0.5) is 0 Å². The van der Waals surface area contributed by atoms with Gasteiger partial charge in [0.2, 0.25) is 0 Å². The number of thioether (sulfide) groups is 1. The summed E-state index contributed by atoms with van der Waals surface area (Å²) in [5, 5.41) is 0.603. The van der Waals surface area contributed by atoms with Crippen LogP contribution in [-0.2, 0) is 0 Å². The predicted molar refractivity (Wildman–Crippen MR) is 86.7 cm³/mol. The number of imidazole rings is 1. The molecule has 0 bridgehead atoms. The van der Waals surface area contributed by atoms with Gasteiger partial charge in [0.05, 0.1) is 16.4 Å². The van der Waals surface area contributed by atoms with Gasteiger partial charge in [-0.05, 0) is 37.8 Å². The second-order valence-corrected chi connectivity index (χ2v) is 6.61. The first-order valence-electron chi connectivity index (χ1n) is 6.38. The highest BCUT2D eigenvalue weighted by atomic mass is 35.5. The Balaban J connectivity index is 2.63. The molecule has 0 N–H and O–H groups in total. The Morgan fingerprint density at radius 3 is 2.74 bits per heavy atom. The third-order valence-corrected chi connectivity index (χ3v) is 4.38. The lowest BCUT2D eigenvalue weighted by atomic mass is 10.2. The van der Waals surface area contributed by atoms with E-state index in [1.54, 1.807) is 0 Å². The quantitative estimate of drug-likeness (QED) is 0.696. The first-order valence-corrected chi connectivity index (χ1v) is 8.59. The second-order valence-electron chi connectivity index (χ2n) is 4.61. The summed E-state index contributed by atoms with van der Waals surface area (Å²) in [4.78, 5) is 4.66. The van der Waals surface area contributed by atoms with Crippen LogP contribution in [0.3, 0.4) is 0 Å². The molecule has 1 aromatic carbocycles. The van der Waals surface area contributed by atoms with E-state index >= 15 is 0 Å². The molecule has 19 heavy (non-hydrogen) atoms. The normalized spacial score (nSPS) is 14.8. The Bertz CT molecular complexity index is 566. The highest BCUT2D eigenvalue weighted by Crippen LogP contribution is 2.31. The van der Waals surface area contributed by atoms with Crippen LogP contribution in [0.25, 0.3) is 11.0 Å². The van der Waals surface area contributed by atoms with Crippen molar-refractivity contribution in [3.8, 4) is 0 Å². The first-order chi connectivity index (χ1) is 9.08. The summed E-state index contributed by atoms with van der Waals surface area (Å²) >= 11 is 14.2. The number of nitrogens with zero attached hydrogens (tertiary/aromatic N) is 2. The summed E-state index contributed by atoms with van der Waals surface area (Å²) in [7, 11) is 0. The lowest BCUT2D eigenvalue weighted by Crippen LogP contribution is -2.14. The molecular weight excluding hydrogens is 299 g/mol. The van der Waals surface area contributed by atoms with E-state index in [0.29, 0.717) is 11.1 Å². The highest BCUT2D eigenvalue weighted by molar-refractivity contribution is 7.98. The van der Waals surface area contributed by atoms with Gasteiger partial charge in [0, 0.05) is 16.8 Å². The molecule has 0 aliphatic carbocycles. The SMILES string of the molecule is CCC(CSC)n1c(C(C)Cl)nc2cc(Cl)ccc21.